The van der Waals surface area contributed by atoms with Crippen molar-refractivity contribution < 1.29 is 13.9 Å². The van der Waals surface area contributed by atoms with E-state index in [2.05, 4.69) is 0 Å². The van der Waals surface area contributed by atoms with E-state index in [0.29, 0.717) is 18.4 Å². The molecule has 0 aliphatic carbocycles. The molecule has 1 unspecified atom stereocenters. The van der Waals surface area contributed by atoms with Crippen molar-refractivity contribution in [3.8, 4) is 11.5 Å². The lowest BCUT2D eigenvalue weighted by Crippen LogP contribution is -2.19. The van der Waals surface area contributed by atoms with Crippen LogP contribution in [0.2, 0.25) is 5.22 Å². The lowest BCUT2D eigenvalue weighted by molar-refractivity contribution is 0.272. The third-order valence-corrected chi connectivity index (χ3v) is 2.99. The van der Waals surface area contributed by atoms with E-state index < -0.39 is 0 Å². The molecular weight excluding hydrogens is 266 g/mol. The zero-order valence-corrected chi connectivity index (χ0v) is 11.4. The Kier molecular flexibility index (Phi) is 4.71. The summed E-state index contributed by atoms with van der Waals surface area (Å²) < 4.78 is 16.1. The Morgan fingerprint density at radius 2 is 1.84 bits per heavy atom. The van der Waals surface area contributed by atoms with E-state index in [-0.39, 0.29) is 5.92 Å². The van der Waals surface area contributed by atoms with Gasteiger partial charge in [0.05, 0.1) is 19.6 Å². The summed E-state index contributed by atoms with van der Waals surface area (Å²) in [5, 5.41) is 0.359. The Bertz CT molecular complexity index is 510. The smallest absolute Gasteiger partial charge is 0.193 e. The molecule has 0 saturated carbocycles. The minimum Gasteiger partial charge on any atom is -0.497 e. The molecule has 2 rings (SSSR count). The first-order chi connectivity index (χ1) is 9.22. The number of nitrogens with two attached hydrogens (primary N) is 1. The van der Waals surface area contributed by atoms with Gasteiger partial charge in [0, 0.05) is 6.54 Å². The van der Waals surface area contributed by atoms with Gasteiger partial charge < -0.3 is 19.6 Å². The van der Waals surface area contributed by atoms with Crippen LogP contribution in [0.5, 0.6) is 11.5 Å². The molecule has 5 heteroatoms. The van der Waals surface area contributed by atoms with Crippen LogP contribution >= 0.6 is 11.6 Å². The molecule has 2 N–H and O–H groups in total. The van der Waals surface area contributed by atoms with Gasteiger partial charge in [-0.15, -0.1) is 0 Å². The third-order valence-electron chi connectivity index (χ3n) is 2.79. The van der Waals surface area contributed by atoms with Gasteiger partial charge in [-0.3, -0.25) is 0 Å². The Morgan fingerprint density at radius 3 is 2.37 bits per heavy atom. The van der Waals surface area contributed by atoms with Crippen molar-refractivity contribution in [2.75, 3.05) is 20.3 Å². The molecule has 2 aromatic rings. The molecule has 0 amide bonds. The fourth-order valence-electron chi connectivity index (χ4n) is 1.68. The van der Waals surface area contributed by atoms with Crippen LogP contribution < -0.4 is 15.2 Å². The SMILES string of the molecule is COc1ccc(OCC(CN)c2ccc(Cl)o2)cc1. The Hall–Kier alpha value is -1.65. The highest BCUT2D eigenvalue weighted by Crippen LogP contribution is 2.23. The first-order valence-electron chi connectivity index (χ1n) is 5.95. The van der Waals surface area contributed by atoms with Crippen LogP contribution in [0.1, 0.15) is 11.7 Å². The lowest BCUT2D eigenvalue weighted by Gasteiger charge is -2.13. The number of hydrogen-bond acceptors (Lipinski definition) is 4. The molecule has 0 saturated heterocycles. The predicted octanol–water partition coefficient (Wildman–Crippen LogP) is 3.06. The second kappa shape index (κ2) is 6.50. The topological polar surface area (TPSA) is 57.6 Å². The average molecular weight is 282 g/mol. The van der Waals surface area contributed by atoms with Crippen LogP contribution in [-0.2, 0) is 0 Å². The molecular formula is C14H16ClNO3. The van der Waals surface area contributed by atoms with Crippen molar-refractivity contribution in [2.45, 2.75) is 5.92 Å². The van der Waals surface area contributed by atoms with Crippen LogP contribution in [0, 0.1) is 0 Å². The van der Waals surface area contributed by atoms with Gasteiger partial charge in [-0.1, -0.05) is 0 Å². The maximum absolute atomic E-state index is 5.75. The van der Waals surface area contributed by atoms with Gasteiger partial charge in [-0.05, 0) is 48.0 Å². The Labute approximate surface area is 117 Å². The highest BCUT2D eigenvalue weighted by molar-refractivity contribution is 6.28. The molecule has 1 atom stereocenters. The number of ether oxygens (including phenoxy) is 2. The number of methoxy groups -OCH3 is 1. The fourth-order valence-corrected chi connectivity index (χ4v) is 1.83. The number of hydrogen-bond donors (Lipinski definition) is 1. The van der Waals surface area contributed by atoms with Gasteiger partial charge in [-0.25, -0.2) is 0 Å². The summed E-state index contributed by atoms with van der Waals surface area (Å²) >= 11 is 5.75. The van der Waals surface area contributed by atoms with E-state index in [4.69, 9.17) is 31.2 Å². The van der Waals surface area contributed by atoms with E-state index in [9.17, 15) is 0 Å². The molecule has 0 aliphatic heterocycles. The Morgan fingerprint density at radius 1 is 1.16 bits per heavy atom. The fraction of sp³-hybridized carbons (Fsp3) is 0.286. The van der Waals surface area contributed by atoms with Gasteiger partial charge in [-0.2, -0.15) is 0 Å². The summed E-state index contributed by atoms with van der Waals surface area (Å²) in [4.78, 5) is 0. The third kappa shape index (κ3) is 3.66. The number of benzene rings is 1. The monoisotopic (exact) mass is 281 g/mol. The molecule has 1 aromatic carbocycles. The highest BCUT2D eigenvalue weighted by Gasteiger charge is 2.15. The van der Waals surface area contributed by atoms with Crippen LogP contribution in [-0.4, -0.2) is 20.3 Å². The van der Waals surface area contributed by atoms with Crippen molar-refractivity contribution in [3.63, 3.8) is 0 Å². The summed E-state index contributed by atoms with van der Waals surface area (Å²) in [6.45, 7) is 0.868. The number of rotatable bonds is 6. The number of halogens is 1. The van der Waals surface area contributed by atoms with Gasteiger partial charge in [0.25, 0.3) is 0 Å². The molecule has 1 heterocycles. The summed E-state index contributed by atoms with van der Waals surface area (Å²) in [5.41, 5.74) is 5.72. The minimum absolute atomic E-state index is 0.0189. The lowest BCUT2D eigenvalue weighted by atomic mass is 10.1. The number of furan rings is 1. The largest absolute Gasteiger partial charge is 0.497 e. The van der Waals surface area contributed by atoms with Crippen molar-refractivity contribution >= 4 is 11.6 Å². The predicted molar refractivity (Wildman–Crippen MR) is 74.0 cm³/mol. The van der Waals surface area contributed by atoms with Gasteiger partial charge >= 0.3 is 0 Å². The molecule has 0 radical (unpaired) electrons. The summed E-state index contributed by atoms with van der Waals surface area (Å²) in [6, 6.07) is 10.9. The maximum Gasteiger partial charge on any atom is 0.193 e. The zero-order chi connectivity index (χ0) is 13.7. The second-order valence-electron chi connectivity index (χ2n) is 4.06. The van der Waals surface area contributed by atoms with Gasteiger partial charge in [0.1, 0.15) is 17.3 Å². The molecule has 1 aromatic heterocycles. The van der Waals surface area contributed by atoms with Gasteiger partial charge in [0.2, 0.25) is 0 Å². The molecule has 0 spiro atoms. The molecule has 19 heavy (non-hydrogen) atoms. The van der Waals surface area contributed by atoms with E-state index in [1.807, 2.05) is 30.3 Å². The van der Waals surface area contributed by atoms with E-state index in [1.165, 1.54) is 0 Å². The first-order valence-corrected chi connectivity index (χ1v) is 6.33. The van der Waals surface area contributed by atoms with E-state index >= 15 is 0 Å². The molecule has 0 bridgehead atoms. The minimum atomic E-state index is -0.0189. The van der Waals surface area contributed by atoms with Crippen molar-refractivity contribution in [3.05, 3.63) is 47.4 Å². The van der Waals surface area contributed by atoms with Crippen molar-refractivity contribution in [1.29, 1.82) is 0 Å². The van der Waals surface area contributed by atoms with Crippen molar-refractivity contribution in [1.82, 2.24) is 0 Å². The summed E-state index contributed by atoms with van der Waals surface area (Å²) in [5.74, 6) is 2.27. The average Bonchev–Trinajstić information content (AvgIpc) is 2.87. The molecule has 102 valence electrons. The highest BCUT2D eigenvalue weighted by atomic mass is 35.5. The van der Waals surface area contributed by atoms with Crippen LogP contribution in [0.15, 0.2) is 40.8 Å². The quantitative estimate of drug-likeness (QED) is 0.884. The van der Waals surface area contributed by atoms with Crippen LogP contribution in [0.3, 0.4) is 0 Å². The van der Waals surface area contributed by atoms with Gasteiger partial charge in [0.15, 0.2) is 5.22 Å². The normalized spacial score (nSPS) is 12.2. The molecule has 0 fully saturated rings. The standard InChI is InChI=1S/C14H16ClNO3/c1-17-11-2-4-12(5-3-11)18-9-10(8-16)13-6-7-14(15)19-13/h2-7,10H,8-9,16H2,1H3. The van der Waals surface area contributed by atoms with Crippen molar-refractivity contribution in [2.24, 2.45) is 5.73 Å². The van der Waals surface area contributed by atoms with E-state index in [1.54, 1.807) is 13.2 Å². The van der Waals surface area contributed by atoms with E-state index in [0.717, 1.165) is 17.3 Å². The summed E-state index contributed by atoms with van der Waals surface area (Å²) in [7, 11) is 1.63. The maximum atomic E-state index is 5.75. The second-order valence-corrected chi connectivity index (χ2v) is 4.43. The first kappa shape index (κ1) is 13.8. The zero-order valence-electron chi connectivity index (χ0n) is 10.6. The summed E-state index contributed by atoms with van der Waals surface area (Å²) in [6.07, 6.45) is 0. The van der Waals surface area contributed by atoms with Crippen LogP contribution in [0.4, 0.5) is 0 Å². The molecule has 0 aliphatic rings. The molecule has 4 nitrogen and oxygen atoms in total. The Balaban J connectivity index is 1.95. The van der Waals surface area contributed by atoms with Crippen LogP contribution in [0.25, 0.3) is 0 Å².